The summed E-state index contributed by atoms with van der Waals surface area (Å²) in [6, 6.07) is 18.8. The van der Waals surface area contributed by atoms with E-state index in [2.05, 4.69) is 60.3 Å². The first-order chi connectivity index (χ1) is 26.6. The number of hydrogen-bond acceptors (Lipinski definition) is 5. The minimum Gasteiger partial charge on any atom is -0.461 e. The third-order valence-electron chi connectivity index (χ3n) is 17.8. The highest BCUT2D eigenvalue weighted by Gasteiger charge is 2.70. The highest BCUT2D eigenvalue weighted by atomic mass is 16.6. The lowest BCUT2D eigenvalue weighted by molar-refractivity contribution is -0.219. The van der Waals surface area contributed by atoms with E-state index < -0.39 is 11.4 Å². The maximum atomic E-state index is 14.0. The number of benzene rings is 2. The molecule has 4 saturated carbocycles. The van der Waals surface area contributed by atoms with E-state index in [-0.39, 0.29) is 46.4 Å². The van der Waals surface area contributed by atoms with Crippen molar-refractivity contribution >= 4 is 11.9 Å². The molecule has 0 aromatic heterocycles. The maximum absolute atomic E-state index is 14.0. The lowest BCUT2D eigenvalue weighted by Crippen LogP contribution is -2.67. The molecule has 6 aliphatic carbocycles. The first-order valence-electron chi connectivity index (χ1n) is 21.9. The predicted molar refractivity (Wildman–Crippen MR) is 224 cm³/mol. The van der Waals surface area contributed by atoms with Crippen molar-refractivity contribution in [3.8, 4) is 0 Å². The third-order valence-corrected chi connectivity index (χ3v) is 17.8. The minimum atomic E-state index is -0.930. The zero-order valence-corrected chi connectivity index (χ0v) is 35.1. The first-order valence-corrected chi connectivity index (χ1v) is 21.9. The second-order valence-corrected chi connectivity index (χ2v) is 20.7. The molecule has 0 aliphatic heterocycles. The Morgan fingerprint density at radius 2 is 1.48 bits per heavy atom. The normalized spacial score (nSPS) is 39.7. The van der Waals surface area contributed by atoms with Gasteiger partial charge in [-0.3, -0.25) is 4.79 Å². The van der Waals surface area contributed by atoms with Crippen molar-refractivity contribution in [1.82, 2.24) is 0 Å². The Hall–Kier alpha value is -3.44. The van der Waals surface area contributed by atoms with Gasteiger partial charge in [0.2, 0.25) is 0 Å². The SMILES string of the molecule is C=C(C)[C@@H]1CC[C@]2(N)CC[C@]3(C)[C@H](CCC4[C@@]5(C)CC=C(C6=CCC(COC(=O)c7ccccc7)(C(=O)OCc7ccccc7)CC6)C(C)(C)C5CC[C@]43C)C12. The van der Waals surface area contributed by atoms with Crippen molar-refractivity contribution in [3.05, 3.63) is 107 Å². The number of rotatable bonds is 8. The monoisotopic (exact) mass is 758 g/mol. The summed E-state index contributed by atoms with van der Waals surface area (Å²) in [5, 5.41) is 0. The Morgan fingerprint density at radius 1 is 0.768 bits per heavy atom. The number of carbonyl (C=O) groups excluding carboxylic acids is 2. The molecule has 5 heteroatoms. The molecule has 0 bridgehead atoms. The molecule has 4 fully saturated rings. The summed E-state index contributed by atoms with van der Waals surface area (Å²) >= 11 is 0. The van der Waals surface area contributed by atoms with Gasteiger partial charge < -0.3 is 15.2 Å². The molecule has 56 heavy (non-hydrogen) atoms. The van der Waals surface area contributed by atoms with E-state index in [9.17, 15) is 9.59 Å². The molecule has 6 aliphatic rings. The molecule has 8 rings (SSSR count). The first kappa shape index (κ1) is 39.4. The fraction of sp³-hybridized carbons (Fsp3) is 0.608. The number of hydrogen-bond donors (Lipinski definition) is 1. The second-order valence-electron chi connectivity index (χ2n) is 20.7. The van der Waals surface area contributed by atoms with Gasteiger partial charge in [0.05, 0.1) is 5.56 Å². The van der Waals surface area contributed by atoms with Crippen LogP contribution in [0.25, 0.3) is 0 Å². The molecule has 300 valence electrons. The summed E-state index contributed by atoms with van der Waals surface area (Å²) in [5.74, 6) is 2.36. The Labute approximate surface area is 337 Å². The molecular weight excluding hydrogens is 691 g/mol. The Kier molecular flexibility index (Phi) is 9.94. The van der Waals surface area contributed by atoms with E-state index in [0.29, 0.717) is 48.0 Å². The van der Waals surface area contributed by atoms with Gasteiger partial charge in [0.25, 0.3) is 0 Å². The standard InChI is InChI=1S/C51H67NO4/c1-34(2)38-22-29-51(52)31-30-48(6)40(43(38)51)18-19-42-47(5)25-23-39(46(3,4)41(47)24-26-49(42,48)7)36-20-27-50(28-21-36,33-56-44(53)37-16-12-9-13-17-37)45(54)55-32-35-14-10-8-11-15-35/h8-17,20,23,38,40-43H,1,18-19,21-22,24-33,52H2,2-7H3/t38-,40+,41?,42?,43?,47-,48+,49+,50?,51-/m0/s1. The van der Waals surface area contributed by atoms with Crippen LogP contribution in [0.4, 0.5) is 0 Å². The topological polar surface area (TPSA) is 78.6 Å². The molecule has 2 aromatic carbocycles. The average Bonchev–Trinajstić information content (AvgIpc) is 3.55. The van der Waals surface area contributed by atoms with Gasteiger partial charge in [0.1, 0.15) is 18.6 Å². The van der Waals surface area contributed by atoms with Crippen molar-refractivity contribution in [2.45, 2.75) is 131 Å². The lowest BCUT2D eigenvalue weighted by atomic mass is 9.33. The van der Waals surface area contributed by atoms with Gasteiger partial charge >= 0.3 is 11.9 Å². The molecule has 2 aromatic rings. The Morgan fingerprint density at radius 3 is 2.16 bits per heavy atom. The van der Waals surface area contributed by atoms with Gasteiger partial charge in [-0.2, -0.15) is 0 Å². The van der Waals surface area contributed by atoms with Crippen LogP contribution in [0.15, 0.2) is 96.1 Å². The molecule has 0 amide bonds. The van der Waals surface area contributed by atoms with Crippen LogP contribution in [0, 0.1) is 56.7 Å². The highest BCUT2D eigenvalue weighted by Crippen LogP contribution is 2.76. The highest BCUT2D eigenvalue weighted by molar-refractivity contribution is 5.89. The maximum Gasteiger partial charge on any atom is 0.338 e. The minimum absolute atomic E-state index is 0.000535. The van der Waals surface area contributed by atoms with Crippen LogP contribution in [0.5, 0.6) is 0 Å². The number of ether oxygens (including phenoxy) is 2. The molecule has 10 atom stereocenters. The number of carbonyl (C=O) groups is 2. The average molecular weight is 758 g/mol. The predicted octanol–water partition coefficient (Wildman–Crippen LogP) is 11.6. The second kappa shape index (κ2) is 14.1. The summed E-state index contributed by atoms with van der Waals surface area (Å²) in [6.45, 7) is 20.0. The van der Waals surface area contributed by atoms with Crippen molar-refractivity contribution in [1.29, 1.82) is 0 Å². The molecule has 5 nitrogen and oxygen atoms in total. The van der Waals surface area contributed by atoms with Gasteiger partial charge in [-0.05, 0) is 164 Å². The van der Waals surface area contributed by atoms with Crippen LogP contribution in [0.3, 0.4) is 0 Å². The smallest absolute Gasteiger partial charge is 0.338 e. The van der Waals surface area contributed by atoms with Crippen LogP contribution in [0.1, 0.15) is 135 Å². The largest absolute Gasteiger partial charge is 0.461 e. The zero-order valence-electron chi connectivity index (χ0n) is 35.1. The van der Waals surface area contributed by atoms with E-state index in [0.717, 1.165) is 31.2 Å². The van der Waals surface area contributed by atoms with E-state index in [1.807, 2.05) is 48.5 Å². The van der Waals surface area contributed by atoms with E-state index in [1.165, 1.54) is 55.2 Å². The van der Waals surface area contributed by atoms with Crippen LogP contribution in [-0.2, 0) is 20.9 Å². The van der Waals surface area contributed by atoms with Crippen LogP contribution < -0.4 is 5.73 Å². The number of nitrogens with two attached hydrogens (primary N) is 1. The van der Waals surface area contributed by atoms with Gasteiger partial charge in [0, 0.05) is 5.54 Å². The summed E-state index contributed by atoms with van der Waals surface area (Å²) in [7, 11) is 0. The quantitative estimate of drug-likeness (QED) is 0.214. The Bertz CT molecular complexity index is 1910. The van der Waals surface area contributed by atoms with Crippen LogP contribution >= 0.6 is 0 Å². The Balaban J connectivity index is 1.04. The number of esters is 2. The van der Waals surface area contributed by atoms with E-state index >= 15 is 0 Å². The van der Waals surface area contributed by atoms with Gasteiger partial charge in [-0.15, -0.1) is 0 Å². The molecule has 4 unspecified atom stereocenters. The summed E-state index contributed by atoms with van der Waals surface area (Å²) in [4.78, 5) is 27.1. The molecule has 0 spiro atoms. The zero-order chi connectivity index (χ0) is 39.7. The van der Waals surface area contributed by atoms with Gasteiger partial charge in [-0.1, -0.05) is 107 Å². The fourth-order valence-electron chi connectivity index (χ4n) is 14.6. The fourth-order valence-corrected chi connectivity index (χ4v) is 14.6. The summed E-state index contributed by atoms with van der Waals surface area (Å²) < 4.78 is 11.9. The van der Waals surface area contributed by atoms with Gasteiger partial charge in [0.15, 0.2) is 0 Å². The van der Waals surface area contributed by atoms with Crippen molar-refractivity contribution < 1.29 is 19.1 Å². The molecule has 0 radical (unpaired) electrons. The summed E-state index contributed by atoms with van der Waals surface area (Å²) in [6.07, 6.45) is 17.8. The molecule has 2 N–H and O–H groups in total. The third kappa shape index (κ3) is 6.11. The van der Waals surface area contributed by atoms with Crippen molar-refractivity contribution in [2.24, 2.45) is 62.4 Å². The van der Waals surface area contributed by atoms with Gasteiger partial charge in [-0.25, -0.2) is 4.79 Å². The number of allylic oxidation sites excluding steroid dienone is 5. The molecule has 0 saturated heterocycles. The van der Waals surface area contributed by atoms with E-state index in [4.69, 9.17) is 15.2 Å². The van der Waals surface area contributed by atoms with Crippen molar-refractivity contribution in [3.63, 3.8) is 0 Å². The van der Waals surface area contributed by atoms with Crippen LogP contribution in [0.2, 0.25) is 0 Å². The van der Waals surface area contributed by atoms with Crippen molar-refractivity contribution in [2.75, 3.05) is 6.61 Å². The van der Waals surface area contributed by atoms with Crippen LogP contribution in [-0.4, -0.2) is 24.1 Å². The number of fused-ring (bicyclic) bond motifs is 7. The van der Waals surface area contributed by atoms with E-state index in [1.54, 1.807) is 12.1 Å². The molecular formula is C51H67NO4. The summed E-state index contributed by atoms with van der Waals surface area (Å²) in [5.41, 5.74) is 12.8. The lowest BCUT2D eigenvalue weighted by Gasteiger charge is -2.72. The molecule has 0 heterocycles.